The molecule has 1 N–H and O–H groups in total. The number of carbonyl (C=O) groups is 2. The molecule has 0 fully saturated rings. The van der Waals surface area contributed by atoms with Gasteiger partial charge in [-0.05, 0) is 47.7 Å². The largest absolute Gasteiger partial charge is 0.354 e. The summed E-state index contributed by atoms with van der Waals surface area (Å²) in [4.78, 5) is 27.8. The molecule has 0 spiro atoms. The second-order valence-electron chi connectivity index (χ2n) is 7.75. The maximum absolute atomic E-state index is 13.3. The quantitative estimate of drug-likeness (QED) is 0.429. The lowest BCUT2D eigenvalue weighted by Gasteiger charge is -2.31. The van der Waals surface area contributed by atoms with Gasteiger partial charge in [-0.1, -0.05) is 79.3 Å². The van der Waals surface area contributed by atoms with E-state index in [1.807, 2.05) is 20.8 Å². The van der Waals surface area contributed by atoms with E-state index in [1.54, 1.807) is 41.3 Å². The summed E-state index contributed by atoms with van der Waals surface area (Å²) in [5.41, 5.74) is 1.42. The van der Waals surface area contributed by atoms with Crippen LogP contribution in [0.4, 0.5) is 0 Å². The standard InChI is InChI=1S/C23H26Cl4N2O2/c1-4-21(23(31)28-12-14(2)3)29(13-16-6-7-17(24)11-19(16)26)22(30)10-15-5-8-18(25)20(27)9-15/h5-9,11,14,21H,4,10,12-13H2,1-3H3,(H,28,31)/t21-/m1/s1. The third-order valence-corrected chi connectivity index (χ3v) is 6.09. The third-order valence-electron chi connectivity index (χ3n) is 4.77. The Kier molecular flexibility index (Phi) is 9.95. The molecule has 2 rings (SSSR count). The van der Waals surface area contributed by atoms with E-state index in [-0.39, 0.29) is 24.8 Å². The Balaban J connectivity index is 2.33. The second kappa shape index (κ2) is 12.0. The maximum Gasteiger partial charge on any atom is 0.242 e. The van der Waals surface area contributed by atoms with Crippen molar-refractivity contribution in [2.45, 2.75) is 46.2 Å². The van der Waals surface area contributed by atoms with Gasteiger partial charge in [-0.15, -0.1) is 0 Å². The van der Waals surface area contributed by atoms with E-state index in [9.17, 15) is 9.59 Å². The number of amides is 2. The minimum Gasteiger partial charge on any atom is -0.354 e. The lowest BCUT2D eigenvalue weighted by Crippen LogP contribution is -2.50. The van der Waals surface area contributed by atoms with Crippen LogP contribution >= 0.6 is 46.4 Å². The third kappa shape index (κ3) is 7.57. The van der Waals surface area contributed by atoms with Crippen molar-refractivity contribution in [1.82, 2.24) is 10.2 Å². The number of halogens is 4. The Morgan fingerprint density at radius 1 is 0.968 bits per heavy atom. The topological polar surface area (TPSA) is 49.4 Å². The Bertz CT molecular complexity index is 934. The molecule has 2 aromatic rings. The molecule has 0 aliphatic carbocycles. The number of carbonyl (C=O) groups excluding carboxylic acids is 2. The van der Waals surface area contributed by atoms with Crippen molar-refractivity contribution in [3.63, 3.8) is 0 Å². The highest BCUT2D eigenvalue weighted by atomic mass is 35.5. The Labute approximate surface area is 203 Å². The lowest BCUT2D eigenvalue weighted by atomic mass is 10.1. The normalized spacial score (nSPS) is 12.0. The predicted octanol–water partition coefficient (Wildman–Crippen LogP) is 6.42. The number of hydrogen-bond donors (Lipinski definition) is 1. The average Bonchev–Trinajstić information content (AvgIpc) is 2.70. The molecule has 0 aliphatic heterocycles. The van der Waals surface area contributed by atoms with Gasteiger partial charge >= 0.3 is 0 Å². The molecule has 0 unspecified atom stereocenters. The minimum absolute atomic E-state index is 0.0794. The Hall–Kier alpha value is -1.46. The Morgan fingerprint density at radius 2 is 1.68 bits per heavy atom. The summed E-state index contributed by atoms with van der Waals surface area (Å²) in [7, 11) is 0. The van der Waals surface area contributed by atoms with Crippen LogP contribution in [-0.4, -0.2) is 29.3 Å². The average molecular weight is 504 g/mol. The summed E-state index contributed by atoms with van der Waals surface area (Å²) in [5, 5.41) is 4.67. The molecule has 0 aliphatic rings. The van der Waals surface area contributed by atoms with Crippen LogP contribution in [0.3, 0.4) is 0 Å². The molecular weight excluding hydrogens is 478 g/mol. The van der Waals surface area contributed by atoms with Gasteiger partial charge in [-0.25, -0.2) is 0 Å². The van der Waals surface area contributed by atoms with E-state index in [2.05, 4.69) is 5.32 Å². The molecule has 31 heavy (non-hydrogen) atoms. The van der Waals surface area contributed by atoms with Crippen LogP contribution in [0.2, 0.25) is 20.1 Å². The maximum atomic E-state index is 13.3. The molecule has 0 aromatic heterocycles. The van der Waals surface area contributed by atoms with Crippen molar-refractivity contribution < 1.29 is 9.59 Å². The number of nitrogens with one attached hydrogen (secondary N) is 1. The van der Waals surface area contributed by atoms with Gasteiger partial charge in [0.05, 0.1) is 16.5 Å². The van der Waals surface area contributed by atoms with Crippen LogP contribution in [-0.2, 0) is 22.6 Å². The molecule has 1 atom stereocenters. The molecule has 0 bridgehead atoms. The summed E-state index contributed by atoms with van der Waals surface area (Å²) < 4.78 is 0. The van der Waals surface area contributed by atoms with Gasteiger partial charge in [0.1, 0.15) is 6.04 Å². The van der Waals surface area contributed by atoms with Crippen LogP contribution in [0, 0.1) is 5.92 Å². The van der Waals surface area contributed by atoms with Gasteiger partial charge in [0.2, 0.25) is 11.8 Å². The van der Waals surface area contributed by atoms with Crippen molar-refractivity contribution in [1.29, 1.82) is 0 Å². The van der Waals surface area contributed by atoms with Gasteiger partial charge < -0.3 is 10.2 Å². The molecule has 0 saturated heterocycles. The zero-order chi connectivity index (χ0) is 23.1. The lowest BCUT2D eigenvalue weighted by molar-refractivity contribution is -0.141. The first-order valence-corrected chi connectivity index (χ1v) is 11.6. The van der Waals surface area contributed by atoms with Crippen LogP contribution in [0.15, 0.2) is 36.4 Å². The van der Waals surface area contributed by atoms with Gasteiger partial charge in [0, 0.05) is 23.1 Å². The number of benzene rings is 2. The van der Waals surface area contributed by atoms with Crippen LogP contribution < -0.4 is 5.32 Å². The second-order valence-corrected chi connectivity index (χ2v) is 9.40. The van der Waals surface area contributed by atoms with E-state index in [0.29, 0.717) is 50.1 Å². The zero-order valence-corrected chi connectivity index (χ0v) is 20.7. The van der Waals surface area contributed by atoms with Crippen molar-refractivity contribution in [2.75, 3.05) is 6.54 Å². The molecule has 2 aromatic carbocycles. The van der Waals surface area contributed by atoms with Crippen molar-refractivity contribution in [3.8, 4) is 0 Å². The van der Waals surface area contributed by atoms with Crippen molar-refractivity contribution in [3.05, 3.63) is 67.6 Å². The molecule has 4 nitrogen and oxygen atoms in total. The predicted molar refractivity (Wildman–Crippen MR) is 129 cm³/mol. The highest BCUT2D eigenvalue weighted by molar-refractivity contribution is 6.42. The summed E-state index contributed by atoms with van der Waals surface area (Å²) in [6.07, 6.45) is 0.540. The molecule has 2 amide bonds. The first-order valence-electron chi connectivity index (χ1n) is 10.1. The van der Waals surface area contributed by atoms with E-state index >= 15 is 0 Å². The Morgan fingerprint density at radius 3 is 2.26 bits per heavy atom. The fourth-order valence-electron chi connectivity index (χ4n) is 3.10. The molecule has 168 valence electrons. The number of nitrogens with zero attached hydrogens (tertiary/aromatic N) is 1. The van der Waals surface area contributed by atoms with Crippen LogP contribution in [0.5, 0.6) is 0 Å². The molecular formula is C23H26Cl4N2O2. The SMILES string of the molecule is CC[C@H](C(=O)NCC(C)C)N(Cc1ccc(Cl)cc1Cl)C(=O)Cc1ccc(Cl)c(Cl)c1. The summed E-state index contributed by atoms with van der Waals surface area (Å²) in [6.45, 7) is 6.63. The van der Waals surface area contributed by atoms with Crippen LogP contribution in [0.25, 0.3) is 0 Å². The smallest absolute Gasteiger partial charge is 0.242 e. The van der Waals surface area contributed by atoms with Gasteiger partial charge in [0.15, 0.2) is 0 Å². The molecule has 0 saturated carbocycles. The van der Waals surface area contributed by atoms with E-state index in [0.717, 1.165) is 0 Å². The summed E-state index contributed by atoms with van der Waals surface area (Å²) >= 11 is 24.5. The van der Waals surface area contributed by atoms with Crippen molar-refractivity contribution in [2.24, 2.45) is 5.92 Å². The minimum atomic E-state index is -0.638. The molecule has 8 heteroatoms. The number of hydrogen-bond acceptors (Lipinski definition) is 2. The van der Waals surface area contributed by atoms with Gasteiger partial charge in [-0.3, -0.25) is 9.59 Å². The monoisotopic (exact) mass is 502 g/mol. The highest BCUT2D eigenvalue weighted by Crippen LogP contribution is 2.26. The fourth-order valence-corrected chi connectivity index (χ4v) is 3.89. The van der Waals surface area contributed by atoms with Crippen LogP contribution in [0.1, 0.15) is 38.3 Å². The van der Waals surface area contributed by atoms with E-state index in [4.69, 9.17) is 46.4 Å². The van der Waals surface area contributed by atoms with E-state index in [1.165, 1.54) is 0 Å². The summed E-state index contributed by atoms with van der Waals surface area (Å²) in [6, 6.07) is 9.53. The fraction of sp³-hybridized carbons (Fsp3) is 0.391. The molecule has 0 radical (unpaired) electrons. The van der Waals surface area contributed by atoms with Gasteiger partial charge in [0.25, 0.3) is 0 Å². The first-order chi connectivity index (χ1) is 14.6. The molecule has 0 heterocycles. The van der Waals surface area contributed by atoms with E-state index < -0.39 is 6.04 Å². The number of rotatable bonds is 9. The first kappa shape index (κ1) is 25.8. The highest BCUT2D eigenvalue weighted by Gasteiger charge is 2.29. The zero-order valence-electron chi connectivity index (χ0n) is 17.7. The van der Waals surface area contributed by atoms with Crippen molar-refractivity contribution >= 4 is 58.2 Å². The van der Waals surface area contributed by atoms with Gasteiger partial charge in [-0.2, -0.15) is 0 Å². The summed E-state index contributed by atoms with van der Waals surface area (Å²) in [5.74, 6) is -0.104.